The second-order valence-electron chi connectivity index (χ2n) is 2.69. The van der Waals surface area contributed by atoms with Gasteiger partial charge in [0.15, 0.2) is 0 Å². The van der Waals surface area contributed by atoms with Crippen LogP contribution in [-0.2, 0) is 4.74 Å². The van der Waals surface area contributed by atoms with E-state index in [4.69, 9.17) is 4.74 Å². The van der Waals surface area contributed by atoms with Gasteiger partial charge in [-0.15, -0.1) is 0 Å². The van der Waals surface area contributed by atoms with Gasteiger partial charge in [-0.2, -0.15) is 0 Å². The van der Waals surface area contributed by atoms with E-state index in [-0.39, 0.29) is 0 Å². The van der Waals surface area contributed by atoms with Crippen molar-refractivity contribution in [2.45, 2.75) is 19.4 Å². The Labute approximate surface area is 60.7 Å². The molecule has 1 heterocycles. The maximum atomic E-state index is 5.51. The molecule has 0 spiro atoms. The standard InChI is InChI=1S/C9H10O/c1-7-6-8-4-2-3-5-9(8)10-7/h2-4,6,9H,5H2,1H3. The number of ether oxygens (including phenoxy) is 1. The van der Waals surface area contributed by atoms with Crippen LogP contribution in [0.1, 0.15) is 13.3 Å². The summed E-state index contributed by atoms with van der Waals surface area (Å²) in [6.45, 7) is 2.00. The Bertz CT molecular complexity index is 233. The number of fused-ring (bicyclic) bond motifs is 1. The molecule has 10 heavy (non-hydrogen) atoms. The molecule has 1 aliphatic carbocycles. The molecular formula is C9H10O. The van der Waals surface area contributed by atoms with Crippen molar-refractivity contribution < 1.29 is 4.74 Å². The van der Waals surface area contributed by atoms with Crippen molar-refractivity contribution in [3.8, 4) is 0 Å². The molecule has 1 aliphatic heterocycles. The van der Waals surface area contributed by atoms with Crippen LogP contribution >= 0.6 is 0 Å². The summed E-state index contributed by atoms with van der Waals surface area (Å²) in [6, 6.07) is 0. The summed E-state index contributed by atoms with van der Waals surface area (Å²) >= 11 is 0. The molecule has 0 saturated carbocycles. The topological polar surface area (TPSA) is 9.23 Å². The van der Waals surface area contributed by atoms with Gasteiger partial charge in [0.05, 0.1) is 5.76 Å². The van der Waals surface area contributed by atoms with Crippen LogP contribution in [0.15, 0.2) is 35.6 Å². The third-order valence-electron chi connectivity index (χ3n) is 1.84. The molecule has 1 nitrogen and oxygen atoms in total. The van der Waals surface area contributed by atoms with Crippen LogP contribution in [0.25, 0.3) is 0 Å². The summed E-state index contributed by atoms with van der Waals surface area (Å²) in [5, 5.41) is 0. The van der Waals surface area contributed by atoms with Gasteiger partial charge in [0.2, 0.25) is 0 Å². The first-order chi connectivity index (χ1) is 4.86. The highest BCUT2D eigenvalue weighted by molar-refractivity contribution is 5.36. The van der Waals surface area contributed by atoms with Crippen molar-refractivity contribution in [2.75, 3.05) is 0 Å². The van der Waals surface area contributed by atoms with Gasteiger partial charge >= 0.3 is 0 Å². The first-order valence-electron chi connectivity index (χ1n) is 3.58. The fourth-order valence-electron chi connectivity index (χ4n) is 1.38. The predicted molar refractivity (Wildman–Crippen MR) is 40.5 cm³/mol. The fourth-order valence-corrected chi connectivity index (χ4v) is 1.38. The first-order valence-corrected chi connectivity index (χ1v) is 3.58. The smallest absolute Gasteiger partial charge is 0.127 e. The van der Waals surface area contributed by atoms with E-state index in [0.717, 1.165) is 12.2 Å². The summed E-state index contributed by atoms with van der Waals surface area (Å²) in [6.07, 6.45) is 9.80. The van der Waals surface area contributed by atoms with Crippen LogP contribution in [0.2, 0.25) is 0 Å². The normalized spacial score (nSPS) is 28.7. The molecule has 2 aliphatic rings. The molecule has 0 N–H and O–H groups in total. The molecular weight excluding hydrogens is 124 g/mol. The summed E-state index contributed by atoms with van der Waals surface area (Å²) in [7, 11) is 0. The zero-order valence-corrected chi connectivity index (χ0v) is 6.00. The van der Waals surface area contributed by atoms with Crippen LogP contribution in [0.4, 0.5) is 0 Å². The highest BCUT2D eigenvalue weighted by Crippen LogP contribution is 2.27. The molecule has 0 aromatic heterocycles. The van der Waals surface area contributed by atoms with Gasteiger partial charge in [-0.3, -0.25) is 0 Å². The Morgan fingerprint density at radius 3 is 3.30 bits per heavy atom. The van der Waals surface area contributed by atoms with E-state index in [1.54, 1.807) is 0 Å². The van der Waals surface area contributed by atoms with Gasteiger partial charge in [0.1, 0.15) is 6.10 Å². The van der Waals surface area contributed by atoms with Crippen LogP contribution in [0, 0.1) is 0 Å². The lowest BCUT2D eigenvalue weighted by Gasteiger charge is -2.12. The number of allylic oxidation sites excluding steroid dienone is 3. The molecule has 0 radical (unpaired) electrons. The van der Waals surface area contributed by atoms with Crippen LogP contribution in [0.5, 0.6) is 0 Å². The van der Waals surface area contributed by atoms with E-state index in [2.05, 4.69) is 24.3 Å². The highest BCUT2D eigenvalue weighted by Gasteiger charge is 2.20. The molecule has 0 saturated heterocycles. The molecule has 1 heteroatoms. The summed E-state index contributed by atoms with van der Waals surface area (Å²) in [4.78, 5) is 0. The van der Waals surface area contributed by atoms with Gasteiger partial charge in [-0.1, -0.05) is 18.2 Å². The van der Waals surface area contributed by atoms with Crippen molar-refractivity contribution >= 4 is 0 Å². The SMILES string of the molecule is CC1=CC2=CC=CCC2O1. The monoisotopic (exact) mass is 134 g/mol. The molecule has 0 aromatic carbocycles. The molecule has 0 bridgehead atoms. The Balaban J connectivity index is 2.31. The molecule has 0 fully saturated rings. The molecule has 52 valence electrons. The molecule has 1 atom stereocenters. The van der Waals surface area contributed by atoms with E-state index < -0.39 is 0 Å². The number of hydrogen-bond donors (Lipinski definition) is 0. The highest BCUT2D eigenvalue weighted by atomic mass is 16.5. The largest absolute Gasteiger partial charge is 0.490 e. The number of hydrogen-bond acceptors (Lipinski definition) is 1. The summed E-state index contributed by atoms with van der Waals surface area (Å²) in [5.74, 6) is 1.04. The molecule has 2 rings (SSSR count). The Hall–Kier alpha value is -0.980. The van der Waals surface area contributed by atoms with Crippen molar-refractivity contribution in [3.63, 3.8) is 0 Å². The van der Waals surface area contributed by atoms with E-state index in [0.29, 0.717) is 6.10 Å². The third kappa shape index (κ3) is 0.783. The lowest BCUT2D eigenvalue weighted by atomic mass is 10.0. The zero-order chi connectivity index (χ0) is 6.97. The van der Waals surface area contributed by atoms with Gasteiger partial charge in [0, 0.05) is 6.42 Å². The quantitative estimate of drug-likeness (QED) is 0.493. The van der Waals surface area contributed by atoms with E-state index in [1.165, 1.54) is 5.57 Å². The van der Waals surface area contributed by atoms with E-state index >= 15 is 0 Å². The van der Waals surface area contributed by atoms with Gasteiger partial charge in [-0.25, -0.2) is 0 Å². The van der Waals surface area contributed by atoms with Crippen LogP contribution in [0.3, 0.4) is 0 Å². The first kappa shape index (κ1) is 5.78. The van der Waals surface area contributed by atoms with Gasteiger partial charge in [-0.05, 0) is 18.6 Å². The second-order valence-corrected chi connectivity index (χ2v) is 2.69. The van der Waals surface area contributed by atoms with Crippen molar-refractivity contribution in [2.24, 2.45) is 0 Å². The Morgan fingerprint density at radius 1 is 1.60 bits per heavy atom. The van der Waals surface area contributed by atoms with Crippen molar-refractivity contribution in [1.29, 1.82) is 0 Å². The lowest BCUT2D eigenvalue weighted by molar-refractivity contribution is 0.169. The maximum absolute atomic E-state index is 5.51. The lowest BCUT2D eigenvalue weighted by Crippen LogP contribution is -2.08. The summed E-state index contributed by atoms with van der Waals surface area (Å²) in [5.41, 5.74) is 1.32. The average Bonchev–Trinajstić information content (AvgIpc) is 2.27. The average molecular weight is 134 g/mol. The Morgan fingerprint density at radius 2 is 2.50 bits per heavy atom. The minimum absolute atomic E-state index is 0.324. The van der Waals surface area contributed by atoms with Gasteiger partial charge < -0.3 is 4.74 Å². The predicted octanol–water partition coefficient (Wildman–Crippen LogP) is 2.18. The molecule has 1 unspecified atom stereocenters. The minimum atomic E-state index is 0.324. The molecule has 0 aromatic rings. The fraction of sp³-hybridized carbons (Fsp3) is 0.333. The zero-order valence-electron chi connectivity index (χ0n) is 6.00. The van der Waals surface area contributed by atoms with Crippen molar-refractivity contribution in [3.05, 3.63) is 35.6 Å². The minimum Gasteiger partial charge on any atom is -0.490 e. The Kier molecular flexibility index (Phi) is 1.16. The van der Waals surface area contributed by atoms with E-state index in [9.17, 15) is 0 Å². The summed E-state index contributed by atoms with van der Waals surface area (Å²) < 4.78 is 5.51. The second kappa shape index (κ2) is 2.01. The van der Waals surface area contributed by atoms with Crippen LogP contribution in [-0.4, -0.2) is 6.10 Å². The number of rotatable bonds is 0. The van der Waals surface area contributed by atoms with E-state index in [1.807, 2.05) is 6.92 Å². The third-order valence-corrected chi connectivity index (χ3v) is 1.84. The van der Waals surface area contributed by atoms with Crippen LogP contribution < -0.4 is 0 Å². The molecule has 0 amide bonds. The van der Waals surface area contributed by atoms with Crippen molar-refractivity contribution in [1.82, 2.24) is 0 Å². The maximum Gasteiger partial charge on any atom is 0.127 e. The van der Waals surface area contributed by atoms with Gasteiger partial charge in [0.25, 0.3) is 0 Å².